The van der Waals surface area contributed by atoms with Crippen LogP contribution < -0.4 is 5.32 Å². The lowest BCUT2D eigenvalue weighted by Gasteiger charge is -2.26. The molecule has 1 aromatic carbocycles. The molecule has 2 rings (SSSR count). The van der Waals surface area contributed by atoms with Gasteiger partial charge < -0.3 is 15.5 Å². The van der Waals surface area contributed by atoms with E-state index in [-0.39, 0.29) is 18.9 Å². The van der Waals surface area contributed by atoms with Gasteiger partial charge in [0.05, 0.1) is 18.6 Å². The number of hydrogen-bond acceptors (Lipinski definition) is 4. The van der Waals surface area contributed by atoms with Crippen LogP contribution in [0.1, 0.15) is 30.7 Å². The van der Waals surface area contributed by atoms with E-state index < -0.39 is 11.2 Å². The number of benzene rings is 1. The lowest BCUT2D eigenvalue weighted by molar-refractivity contribution is -0.127. The van der Waals surface area contributed by atoms with Crippen molar-refractivity contribution in [2.24, 2.45) is 0 Å². The van der Waals surface area contributed by atoms with Gasteiger partial charge >= 0.3 is 0 Å². The van der Waals surface area contributed by atoms with Crippen molar-refractivity contribution in [1.29, 1.82) is 0 Å². The van der Waals surface area contributed by atoms with Crippen molar-refractivity contribution in [1.82, 2.24) is 5.32 Å². The van der Waals surface area contributed by atoms with Crippen molar-refractivity contribution in [2.45, 2.75) is 31.5 Å². The first-order valence-corrected chi connectivity index (χ1v) is 8.00. The van der Waals surface area contributed by atoms with Gasteiger partial charge in [-0.05, 0) is 30.9 Å². The standard InChI is InChI=1S/C17H21NO3S/c1-16(20,13-7-4-3-5-8-13)11-15(19)18-12-17(2,21)14-9-6-10-22-14/h3-10,20-21H,11-12H2,1-2H3,(H,18,19). The Hall–Kier alpha value is -1.69. The van der Waals surface area contributed by atoms with Crippen molar-refractivity contribution in [2.75, 3.05) is 6.54 Å². The molecule has 0 bridgehead atoms. The van der Waals surface area contributed by atoms with E-state index in [0.29, 0.717) is 5.56 Å². The highest BCUT2D eigenvalue weighted by molar-refractivity contribution is 7.10. The van der Waals surface area contributed by atoms with E-state index in [9.17, 15) is 15.0 Å². The van der Waals surface area contributed by atoms with Crippen LogP contribution in [0, 0.1) is 0 Å². The normalized spacial score (nSPS) is 16.5. The van der Waals surface area contributed by atoms with Gasteiger partial charge in [-0.15, -0.1) is 11.3 Å². The third-order valence-corrected chi connectivity index (χ3v) is 4.71. The molecule has 1 amide bonds. The van der Waals surface area contributed by atoms with E-state index in [1.807, 2.05) is 35.7 Å². The fraction of sp³-hybridized carbons (Fsp3) is 0.353. The molecule has 5 heteroatoms. The molecular weight excluding hydrogens is 298 g/mol. The maximum atomic E-state index is 12.1. The van der Waals surface area contributed by atoms with Crippen LogP contribution in [0.2, 0.25) is 0 Å². The zero-order chi connectivity index (χ0) is 16.2. The van der Waals surface area contributed by atoms with Gasteiger partial charge in [-0.25, -0.2) is 0 Å². The van der Waals surface area contributed by atoms with Gasteiger partial charge in [0.25, 0.3) is 0 Å². The zero-order valence-electron chi connectivity index (χ0n) is 12.7. The topological polar surface area (TPSA) is 69.6 Å². The molecule has 2 unspecified atom stereocenters. The van der Waals surface area contributed by atoms with E-state index >= 15 is 0 Å². The summed E-state index contributed by atoms with van der Waals surface area (Å²) < 4.78 is 0. The molecule has 4 nitrogen and oxygen atoms in total. The number of carbonyl (C=O) groups is 1. The summed E-state index contributed by atoms with van der Waals surface area (Å²) in [6, 6.07) is 12.8. The van der Waals surface area contributed by atoms with Gasteiger partial charge in [-0.2, -0.15) is 0 Å². The molecule has 1 aromatic heterocycles. The zero-order valence-corrected chi connectivity index (χ0v) is 13.6. The van der Waals surface area contributed by atoms with Crippen molar-refractivity contribution >= 4 is 17.2 Å². The number of hydrogen-bond donors (Lipinski definition) is 3. The molecule has 3 N–H and O–H groups in total. The van der Waals surface area contributed by atoms with Crippen LogP contribution in [0.5, 0.6) is 0 Å². The summed E-state index contributed by atoms with van der Waals surface area (Å²) in [7, 11) is 0. The number of carbonyl (C=O) groups excluding carboxylic acids is 1. The monoisotopic (exact) mass is 319 g/mol. The Bertz CT molecular complexity index is 606. The summed E-state index contributed by atoms with van der Waals surface area (Å²) in [5, 5.41) is 25.4. The maximum absolute atomic E-state index is 12.1. The molecule has 0 radical (unpaired) electrons. The van der Waals surface area contributed by atoms with Crippen molar-refractivity contribution in [3.63, 3.8) is 0 Å². The molecule has 2 atom stereocenters. The van der Waals surface area contributed by atoms with Crippen LogP contribution in [0.25, 0.3) is 0 Å². The Morgan fingerprint density at radius 2 is 1.77 bits per heavy atom. The molecule has 22 heavy (non-hydrogen) atoms. The first-order chi connectivity index (χ1) is 10.3. The first-order valence-electron chi connectivity index (χ1n) is 7.12. The predicted molar refractivity (Wildman–Crippen MR) is 87.5 cm³/mol. The summed E-state index contributed by atoms with van der Waals surface area (Å²) in [4.78, 5) is 12.9. The molecule has 118 valence electrons. The van der Waals surface area contributed by atoms with E-state index in [1.54, 1.807) is 26.0 Å². The van der Waals surface area contributed by atoms with Crippen molar-refractivity contribution in [3.8, 4) is 0 Å². The number of aliphatic hydroxyl groups is 2. The van der Waals surface area contributed by atoms with Gasteiger partial charge in [-0.3, -0.25) is 4.79 Å². The average Bonchev–Trinajstić information content (AvgIpc) is 3.01. The molecule has 0 aliphatic rings. The van der Waals surface area contributed by atoms with Gasteiger partial charge in [0, 0.05) is 4.88 Å². The average molecular weight is 319 g/mol. The summed E-state index contributed by atoms with van der Waals surface area (Å²) in [5.74, 6) is -0.300. The fourth-order valence-electron chi connectivity index (χ4n) is 2.22. The first kappa shape index (κ1) is 16.7. The van der Waals surface area contributed by atoms with Crippen molar-refractivity contribution < 1.29 is 15.0 Å². The lowest BCUT2D eigenvalue weighted by atomic mass is 9.92. The molecule has 0 spiro atoms. The van der Waals surface area contributed by atoms with Crippen LogP contribution in [0.4, 0.5) is 0 Å². The van der Waals surface area contributed by atoms with E-state index in [2.05, 4.69) is 5.32 Å². The van der Waals surface area contributed by atoms with E-state index in [1.165, 1.54) is 11.3 Å². The summed E-state index contributed by atoms with van der Waals surface area (Å²) in [6.07, 6.45) is -0.0580. The van der Waals surface area contributed by atoms with E-state index in [0.717, 1.165) is 4.88 Å². The van der Waals surface area contributed by atoms with Crippen LogP contribution in [0.3, 0.4) is 0 Å². The summed E-state index contributed by atoms with van der Waals surface area (Å²) in [6.45, 7) is 3.38. The number of thiophene rings is 1. The number of nitrogens with one attached hydrogen (secondary N) is 1. The van der Waals surface area contributed by atoms with Gasteiger partial charge in [0.1, 0.15) is 5.60 Å². The molecular formula is C17H21NO3S. The molecule has 0 aliphatic heterocycles. The van der Waals surface area contributed by atoms with Crippen LogP contribution >= 0.6 is 11.3 Å². The molecule has 0 fully saturated rings. The van der Waals surface area contributed by atoms with Gasteiger partial charge in [0.2, 0.25) is 5.91 Å². The Morgan fingerprint density at radius 1 is 1.09 bits per heavy atom. The Kier molecular flexibility index (Phi) is 5.01. The highest BCUT2D eigenvalue weighted by atomic mass is 32.1. The Labute approximate surface area is 134 Å². The highest BCUT2D eigenvalue weighted by Gasteiger charge is 2.29. The number of amides is 1. The smallest absolute Gasteiger partial charge is 0.223 e. The molecule has 2 aromatic rings. The third kappa shape index (κ3) is 4.16. The van der Waals surface area contributed by atoms with Gasteiger partial charge in [0.15, 0.2) is 0 Å². The largest absolute Gasteiger partial charge is 0.385 e. The maximum Gasteiger partial charge on any atom is 0.223 e. The highest BCUT2D eigenvalue weighted by Crippen LogP contribution is 2.26. The van der Waals surface area contributed by atoms with Crippen LogP contribution in [-0.4, -0.2) is 22.7 Å². The quantitative estimate of drug-likeness (QED) is 0.765. The molecule has 0 saturated heterocycles. The molecule has 0 saturated carbocycles. The molecule has 0 aliphatic carbocycles. The third-order valence-electron chi connectivity index (χ3n) is 3.58. The fourth-order valence-corrected chi connectivity index (χ4v) is 3.00. The Morgan fingerprint density at radius 3 is 2.36 bits per heavy atom. The van der Waals surface area contributed by atoms with Crippen molar-refractivity contribution in [3.05, 3.63) is 58.3 Å². The second-order valence-electron chi connectivity index (χ2n) is 5.84. The minimum atomic E-state index is -1.24. The predicted octanol–water partition coefficient (Wildman–Crippen LogP) is 2.37. The second kappa shape index (κ2) is 6.60. The van der Waals surface area contributed by atoms with E-state index in [4.69, 9.17) is 0 Å². The van der Waals surface area contributed by atoms with Crippen LogP contribution in [0.15, 0.2) is 47.8 Å². The number of rotatable bonds is 6. The van der Waals surface area contributed by atoms with Gasteiger partial charge in [-0.1, -0.05) is 36.4 Å². The summed E-state index contributed by atoms with van der Waals surface area (Å²) >= 11 is 1.44. The SMILES string of the molecule is CC(O)(CC(=O)NCC(C)(O)c1cccs1)c1ccccc1. The summed E-state index contributed by atoms with van der Waals surface area (Å²) in [5.41, 5.74) is -1.65. The minimum Gasteiger partial charge on any atom is -0.385 e. The lowest BCUT2D eigenvalue weighted by Crippen LogP contribution is -2.40. The van der Waals surface area contributed by atoms with Crippen LogP contribution in [-0.2, 0) is 16.0 Å². The Balaban J connectivity index is 1.93. The second-order valence-corrected chi connectivity index (χ2v) is 6.79. The molecule has 1 heterocycles. The minimum absolute atomic E-state index is 0.0580.